The summed E-state index contributed by atoms with van der Waals surface area (Å²) in [5, 5.41) is 3.45. The highest BCUT2D eigenvalue weighted by molar-refractivity contribution is 6.30. The lowest BCUT2D eigenvalue weighted by Crippen LogP contribution is -2.19. The molecular weight excluding hydrogens is 286 g/mol. The van der Waals surface area contributed by atoms with Crippen molar-refractivity contribution in [2.75, 3.05) is 23.3 Å². The number of anilines is 2. The van der Waals surface area contributed by atoms with E-state index in [9.17, 15) is 4.79 Å². The third-order valence-electron chi connectivity index (χ3n) is 3.54. The summed E-state index contributed by atoms with van der Waals surface area (Å²) in [7, 11) is 0. The fourth-order valence-electron chi connectivity index (χ4n) is 2.40. The molecule has 0 saturated carbocycles. The number of rotatable bonds is 3. The Morgan fingerprint density at radius 1 is 1.10 bits per heavy atom. The van der Waals surface area contributed by atoms with Gasteiger partial charge in [-0.05, 0) is 49.2 Å². The van der Waals surface area contributed by atoms with Gasteiger partial charge in [0.05, 0.1) is 11.9 Å². The molecule has 1 aliphatic rings. The van der Waals surface area contributed by atoms with Crippen LogP contribution in [0.15, 0.2) is 42.6 Å². The molecule has 5 heteroatoms. The van der Waals surface area contributed by atoms with Crippen LogP contribution in [0.25, 0.3) is 0 Å². The van der Waals surface area contributed by atoms with Gasteiger partial charge in [0.25, 0.3) is 5.91 Å². The van der Waals surface area contributed by atoms with Crippen molar-refractivity contribution in [2.45, 2.75) is 12.8 Å². The minimum absolute atomic E-state index is 0.164. The van der Waals surface area contributed by atoms with Crippen LogP contribution in [0.3, 0.4) is 0 Å². The minimum atomic E-state index is -0.164. The quantitative estimate of drug-likeness (QED) is 0.942. The first kappa shape index (κ1) is 13.9. The van der Waals surface area contributed by atoms with Crippen LogP contribution in [0.1, 0.15) is 23.2 Å². The van der Waals surface area contributed by atoms with Crippen LogP contribution in [0.2, 0.25) is 5.02 Å². The smallest absolute Gasteiger partial charge is 0.255 e. The van der Waals surface area contributed by atoms with Gasteiger partial charge in [-0.25, -0.2) is 4.98 Å². The molecule has 0 radical (unpaired) electrons. The van der Waals surface area contributed by atoms with Crippen molar-refractivity contribution in [1.82, 2.24) is 4.98 Å². The van der Waals surface area contributed by atoms with Crippen LogP contribution in [0.4, 0.5) is 11.5 Å². The molecule has 0 bridgehead atoms. The molecule has 1 N–H and O–H groups in total. The van der Waals surface area contributed by atoms with E-state index in [1.807, 2.05) is 12.1 Å². The summed E-state index contributed by atoms with van der Waals surface area (Å²) in [5.74, 6) is 0.805. The molecule has 3 rings (SSSR count). The normalized spacial score (nSPS) is 14.2. The lowest BCUT2D eigenvalue weighted by atomic mass is 10.2. The fraction of sp³-hybridized carbons (Fsp3) is 0.250. The molecule has 0 unspecified atom stereocenters. The molecule has 2 heterocycles. The van der Waals surface area contributed by atoms with Crippen molar-refractivity contribution in [3.63, 3.8) is 0 Å². The molecule has 21 heavy (non-hydrogen) atoms. The van der Waals surface area contributed by atoms with Crippen LogP contribution in [0.5, 0.6) is 0 Å². The Kier molecular flexibility index (Phi) is 4.06. The second-order valence-corrected chi connectivity index (χ2v) is 5.50. The van der Waals surface area contributed by atoms with Gasteiger partial charge in [0.15, 0.2) is 0 Å². The Balaban J connectivity index is 1.67. The maximum atomic E-state index is 12.1. The van der Waals surface area contributed by atoms with E-state index >= 15 is 0 Å². The predicted molar refractivity (Wildman–Crippen MR) is 85.1 cm³/mol. The Morgan fingerprint density at radius 2 is 1.81 bits per heavy atom. The third-order valence-corrected chi connectivity index (χ3v) is 3.79. The first-order chi connectivity index (χ1) is 10.2. The number of carbonyl (C=O) groups is 1. The highest BCUT2D eigenvalue weighted by atomic mass is 35.5. The molecule has 1 aromatic carbocycles. The van der Waals surface area contributed by atoms with Gasteiger partial charge in [-0.3, -0.25) is 4.79 Å². The molecule has 0 spiro atoms. The number of carbonyl (C=O) groups excluding carboxylic acids is 1. The average molecular weight is 302 g/mol. The Hall–Kier alpha value is -2.07. The number of hydrogen-bond acceptors (Lipinski definition) is 3. The molecular formula is C16H16ClN3O. The van der Waals surface area contributed by atoms with Crippen molar-refractivity contribution in [3.8, 4) is 0 Å². The molecule has 2 aromatic rings. The van der Waals surface area contributed by atoms with Gasteiger partial charge in [0, 0.05) is 23.7 Å². The summed E-state index contributed by atoms with van der Waals surface area (Å²) < 4.78 is 0. The molecule has 1 saturated heterocycles. The van der Waals surface area contributed by atoms with Gasteiger partial charge < -0.3 is 10.2 Å². The highest BCUT2D eigenvalue weighted by Gasteiger charge is 2.13. The summed E-state index contributed by atoms with van der Waals surface area (Å²) in [6, 6.07) is 10.6. The van der Waals surface area contributed by atoms with E-state index in [-0.39, 0.29) is 5.91 Å². The zero-order valence-electron chi connectivity index (χ0n) is 11.6. The summed E-state index contributed by atoms with van der Waals surface area (Å²) in [6.07, 6.45) is 4.13. The lowest BCUT2D eigenvalue weighted by molar-refractivity contribution is 0.102. The number of hydrogen-bond donors (Lipinski definition) is 1. The number of benzene rings is 1. The average Bonchev–Trinajstić information content (AvgIpc) is 3.03. The zero-order valence-corrected chi connectivity index (χ0v) is 12.3. The zero-order chi connectivity index (χ0) is 14.7. The van der Waals surface area contributed by atoms with Gasteiger partial charge in [-0.15, -0.1) is 0 Å². The van der Waals surface area contributed by atoms with E-state index < -0.39 is 0 Å². The number of nitrogens with one attached hydrogen (secondary N) is 1. The van der Waals surface area contributed by atoms with Gasteiger partial charge in [-0.1, -0.05) is 11.6 Å². The fourth-order valence-corrected chi connectivity index (χ4v) is 2.52. The molecule has 0 atom stereocenters. The largest absolute Gasteiger partial charge is 0.357 e. The number of nitrogens with zero attached hydrogens (tertiary/aromatic N) is 2. The van der Waals surface area contributed by atoms with Crippen LogP contribution in [-0.4, -0.2) is 24.0 Å². The van der Waals surface area contributed by atoms with Crippen LogP contribution in [-0.2, 0) is 0 Å². The van der Waals surface area contributed by atoms with Gasteiger partial charge in [0.2, 0.25) is 0 Å². The van der Waals surface area contributed by atoms with Gasteiger partial charge in [0.1, 0.15) is 5.82 Å². The lowest BCUT2D eigenvalue weighted by Gasteiger charge is -2.16. The molecule has 0 aliphatic carbocycles. The van der Waals surface area contributed by atoms with E-state index in [0.29, 0.717) is 16.3 Å². The van der Waals surface area contributed by atoms with Crippen molar-refractivity contribution in [3.05, 3.63) is 53.2 Å². The summed E-state index contributed by atoms with van der Waals surface area (Å²) in [4.78, 5) is 18.7. The van der Waals surface area contributed by atoms with Crippen LogP contribution < -0.4 is 10.2 Å². The van der Waals surface area contributed by atoms with Crippen LogP contribution in [0, 0.1) is 0 Å². The van der Waals surface area contributed by atoms with Crippen LogP contribution >= 0.6 is 11.6 Å². The SMILES string of the molecule is O=C(Nc1ccc(N2CCCC2)nc1)c1ccc(Cl)cc1. The topological polar surface area (TPSA) is 45.2 Å². The maximum Gasteiger partial charge on any atom is 0.255 e. The number of amides is 1. The van der Waals surface area contributed by atoms with Crippen molar-refractivity contribution < 1.29 is 4.79 Å². The van der Waals surface area contributed by atoms with Gasteiger partial charge >= 0.3 is 0 Å². The Labute approximate surface area is 128 Å². The predicted octanol–water partition coefficient (Wildman–Crippen LogP) is 3.59. The van der Waals surface area contributed by atoms with Crippen molar-refractivity contribution >= 4 is 29.0 Å². The van der Waals surface area contributed by atoms with E-state index in [2.05, 4.69) is 15.2 Å². The van der Waals surface area contributed by atoms with E-state index in [0.717, 1.165) is 18.9 Å². The first-order valence-electron chi connectivity index (χ1n) is 7.00. The number of aromatic nitrogens is 1. The minimum Gasteiger partial charge on any atom is -0.357 e. The molecule has 1 aromatic heterocycles. The monoisotopic (exact) mass is 301 g/mol. The molecule has 108 valence electrons. The summed E-state index contributed by atoms with van der Waals surface area (Å²) in [6.45, 7) is 2.12. The third kappa shape index (κ3) is 3.34. The van der Waals surface area contributed by atoms with E-state index in [1.165, 1.54) is 12.8 Å². The molecule has 4 nitrogen and oxygen atoms in total. The van der Waals surface area contributed by atoms with E-state index in [1.54, 1.807) is 30.5 Å². The number of halogens is 1. The molecule has 1 aliphatic heterocycles. The Morgan fingerprint density at radius 3 is 2.43 bits per heavy atom. The van der Waals surface area contributed by atoms with Crippen molar-refractivity contribution in [1.29, 1.82) is 0 Å². The maximum absolute atomic E-state index is 12.1. The molecule has 1 amide bonds. The summed E-state index contributed by atoms with van der Waals surface area (Å²) >= 11 is 5.81. The first-order valence-corrected chi connectivity index (χ1v) is 7.38. The highest BCUT2D eigenvalue weighted by Crippen LogP contribution is 2.19. The molecule has 1 fully saturated rings. The second kappa shape index (κ2) is 6.14. The summed E-state index contributed by atoms with van der Waals surface area (Å²) in [5.41, 5.74) is 1.26. The van der Waals surface area contributed by atoms with E-state index in [4.69, 9.17) is 11.6 Å². The standard InChI is InChI=1S/C16H16ClN3O/c17-13-5-3-12(4-6-13)16(21)19-14-7-8-15(18-11-14)20-9-1-2-10-20/h3-8,11H,1-2,9-10H2,(H,19,21). The Bertz CT molecular complexity index is 619. The number of pyridine rings is 1. The van der Waals surface area contributed by atoms with Crippen molar-refractivity contribution in [2.24, 2.45) is 0 Å². The van der Waals surface area contributed by atoms with Gasteiger partial charge in [-0.2, -0.15) is 0 Å². The second-order valence-electron chi connectivity index (χ2n) is 5.06.